The Labute approximate surface area is 235 Å². The molecule has 1 aliphatic rings. The fourth-order valence-corrected chi connectivity index (χ4v) is 5.26. The van der Waals surface area contributed by atoms with Crippen LogP contribution in [0.4, 0.5) is 16.2 Å². The van der Waals surface area contributed by atoms with Gasteiger partial charge in [-0.1, -0.05) is 53.8 Å². The number of alkyl halides is 2. The van der Waals surface area contributed by atoms with Gasteiger partial charge in [0.25, 0.3) is 0 Å². The van der Waals surface area contributed by atoms with Crippen LogP contribution in [0.2, 0.25) is 0 Å². The number of nitrogens with zero attached hydrogens (tertiary/aromatic N) is 5. The van der Waals surface area contributed by atoms with Crippen LogP contribution in [0.15, 0.2) is 54.6 Å². The molecule has 3 heterocycles. The first-order valence-electron chi connectivity index (χ1n) is 12.3. The second kappa shape index (κ2) is 13.7. The minimum atomic E-state index is -0.234. The summed E-state index contributed by atoms with van der Waals surface area (Å²) >= 11 is 11.0. The Morgan fingerprint density at radius 2 is 1.55 bits per heavy atom. The molecule has 1 aliphatic heterocycles. The average molecular weight is 576 g/mol. The standard InChI is InChI=1S/C26H27FN6OS.CH2Cl2/c27-20-10-6-19(7-11-20)8-12-21-29-23-24(30-26(28)31-25(23)35-21)33-16-14-32(15-17-33)22(34)13-9-18-4-2-1-3-5-18;2-1-3/h1-7,10-11H,8-9,12-17H2,(H2,28,30,31);1H2. The molecule has 1 fully saturated rings. The molecule has 0 atom stereocenters. The molecule has 0 radical (unpaired) electrons. The van der Waals surface area contributed by atoms with Crippen molar-refractivity contribution in [3.8, 4) is 0 Å². The maximum absolute atomic E-state index is 13.2. The van der Waals surface area contributed by atoms with Gasteiger partial charge in [-0.15, -0.1) is 23.2 Å². The first-order chi connectivity index (χ1) is 18.5. The van der Waals surface area contributed by atoms with E-state index in [4.69, 9.17) is 33.9 Å². The van der Waals surface area contributed by atoms with E-state index in [9.17, 15) is 9.18 Å². The topological polar surface area (TPSA) is 88.2 Å². The summed E-state index contributed by atoms with van der Waals surface area (Å²) in [5.41, 5.74) is 9.01. The largest absolute Gasteiger partial charge is 0.368 e. The monoisotopic (exact) mass is 574 g/mol. The smallest absolute Gasteiger partial charge is 0.223 e. The van der Waals surface area contributed by atoms with E-state index < -0.39 is 0 Å². The van der Waals surface area contributed by atoms with E-state index in [0.717, 1.165) is 46.0 Å². The summed E-state index contributed by atoms with van der Waals surface area (Å²) in [4.78, 5) is 31.3. The molecule has 2 aromatic heterocycles. The summed E-state index contributed by atoms with van der Waals surface area (Å²) in [5, 5.41) is 1.14. The van der Waals surface area contributed by atoms with Crippen molar-refractivity contribution in [1.82, 2.24) is 19.9 Å². The van der Waals surface area contributed by atoms with Crippen LogP contribution in [0.25, 0.3) is 10.3 Å². The fourth-order valence-electron chi connectivity index (χ4n) is 4.32. The second-order valence-electron chi connectivity index (χ2n) is 8.75. The summed E-state index contributed by atoms with van der Waals surface area (Å²) < 4.78 is 13.2. The lowest BCUT2D eigenvalue weighted by atomic mass is 10.1. The zero-order chi connectivity index (χ0) is 26.9. The zero-order valence-corrected chi connectivity index (χ0v) is 23.2. The van der Waals surface area contributed by atoms with E-state index in [2.05, 4.69) is 27.0 Å². The second-order valence-corrected chi connectivity index (χ2v) is 10.6. The van der Waals surface area contributed by atoms with Crippen LogP contribution in [0.5, 0.6) is 0 Å². The molecule has 0 unspecified atom stereocenters. The molecule has 38 heavy (non-hydrogen) atoms. The van der Waals surface area contributed by atoms with Crippen molar-refractivity contribution in [1.29, 1.82) is 0 Å². The van der Waals surface area contributed by atoms with Gasteiger partial charge in [-0.3, -0.25) is 4.79 Å². The van der Waals surface area contributed by atoms with E-state index in [-0.39, 0.29) is 23.0 Å². The molecule has 5 rings (SSSR count). The van der Waals surface area contributed by atoms with Crippen molar-refractivity contribution in [2.24, 2.45) is 0 Å². The van der Waals surface area contributed by atoms with Crippen LogP contribution in [-0.4, -0.2) is 57.3 Å². The van der Waals surface area contributed by atoms with Gasteiger partial charge in [-0.05, 0) is 36.1 Å². The summed E-state index contributed by atoms with van der Waals surface area (Å²) in [5.74, 6) is 0.899. The molecule has 0 saturated carbocycles. The van der Waals surface area contributed by atoms with Gasteiger partial charge < -0.3 is 15.5 Å². The molecule has 2 N–H and O–H groups in total. The molecule has 1 saturated heterocycles. The lowest BCUT2D eigenvalue weighted by molar-refractivity contribution is -0.131. The minimum absolute atomic E-state index is 0.178. The number of rotatable bonds is 7. The minimum Gasteiger partial charge on any atom is -0.368 e. The average Bonchev–Trinajstić information content (AvgIpc) is 3.35. The van der Waals surface area contributed by atoms with Gasteiger partial charge in [0.1, 0.15) is 11.3 Å². The number of amides is 1. The Morgan fingerprint density at radius 1 is 0.895 bits per heavy atom. The Hall–Kier alpha value is -3.01. The summed E-state index contributed by atoms with van der Waals surface area (Å²) in [6.45, 7) is 2.62. The number of halogens is 3. The Morgan fingerprint density at radius 3 is 2.24 bits per heavy atom. The number of aromatic nitrogens is 3. The summed E-state index contributed by atoms with van der Waals surface area (Å²) in [7, 11) is 0. The molecule has 0 aliphatic carbocycles. The van der Waals surface area contributed by atoms with Crippen molar-refractivity contribution in [2.75, 3.05) is 42.2 Å². The number of carbonyl (C=O) groups excluding carboxylic acids is 1. The SMILES string of the molecule is ClCCl.Nc1nc(N2CCN(C(=O)CCc3ccccc3)CC2)c2nc(CCc3ccc(F)cc3)sc2n1. The fraction of sp³-hybridized carbons (Fsp3) is 0.333. The summed E-state index contributed by atoms with van der Waals surface area (Å²) in [6.07, 6.45) is 2.76. The van der Waals surface area contributed by atoms with Crippen molar-refractivity contribution in [2.45, 2.75) is 25.7 Å². The van der Waals surface area contributed by atoms with Crippen molar-refractivity contribution < 1.29 is 9.18 Å². The Bertz CT molecular complexity index is 1330. The number of nitrogens with two attached hydrogens (primary N) is 1. The molecular formula is C27H29Cl2FN6OS. The third-order valence-electron chi connectivity index (χ3n) is 6.24. The Kier molecular flexibility index (Phi) is 10.1. The van der Waals surface area contributed by atoms with Crippen LogP contribution >= 0.6 is 34.5 Å². The molecule has 1 amide bonds. The highest BCUT2D eigenvalue weighted by Crippen LogP contribution is 2.30. The van der Waals surface area contributed by atoms with Crippen LogP contribution < -0.4 is 10.6 Å². The summed E-state index contributed by atoms with van der Waals surface area (Å²) in [6, 6.07) is 16.6. The molecule has 0 spiro atoms. The van der Waals surface area contributed by atoms with Gasteiger partial charge in [0.05, 0.1) is 10.3 Å². The lowest BCUT2D eigenvalue weighted by Crippen LogP contribution is -2.49. The lowest BCUT2D eigenvalue weighted by Gasteiger charge is -2.35. The van der Waals surface area contributed by atoms with E-state index in [1.807, 2.05) is 23.1 Å². The van der Waals surface area contributed by atoms with Gasteiger partial charge in [-0.25, -0.2) is 14.4 Å². The number of aryl methyl sites for hydroxylation is 3. The number of nitrogen functional groups attached to an aromatic ring is 1. The molecule has 11 heteroatoms. The normalized spacial score (nSPS) is 13.3. The molecule has 0 bridgehead atoms. The number of hydrogen-bond donors (Lipinski definition) is 1. The molecule has 2 aromatic carbocycles. The van der Waals surface area contributed by atoms with Gasteiger partial charge >= 0.3 is 0 Å². The van der Waals surface area contributed by atoms with Gasteiger partial charge in [0.15, 0.2) is 10.6 Å². The van der Waals surface area contributed by atoms with Crippen molar-refractivity contribution in [3.05, 3.63) is 76.5 Å². The molecule has 200 valence electrons. The number of thiazole rings is 1. The van der Waals surface area contributed by atoms with Crippen LogP contribution in [-0.2, 0) is 24.1 Å². The third-order valence-corrected chi connectivity index (χ3v) is 7.25. The third kappa shape index (κ3) is 7.52. The predicted molar refractivity (Wildman–Crippen MR) is 154 cm³/mol. The zero-order valence-electron chi connectivity index (χ0n) is 20.8. The number of piperazine rings is 1. The first-order valence-corrected chi connectivity index (χ1v) is 14.2. The maximum Gasteiger partial charge on any atom is 0.223 e. The van der Waals surface area contributed by atoms with Crippen molar-refractivity contribution in [3.63, 3.8) is 0 Å². The van der Waals surface area contributed by atoms with Crippen LogP contribution in [0.1, 0.15) is 22.6 Å². The van der Waals surface area contributed by atoms with E-state index in [0.29, 0.717) is 32.6 Å². The van der Waals surface area contributed by atoms with Gasteiger partial charge in [0, 0.05) is 39.0 Å². The molecular weight excluding hydrogens is 546 g/mol. The highest BCUT2D eigenvalue weighted by atomic mass is 35.5. The van der Waals surface area contributed by atoms with E-state index in [1.165, 1.54) is 29.0 Å². The highest BCUT2D eigenvalue weighted by molar-refractivity contribution is 7.18. The van der Waals surface area contributed by atoms with Gasteiger partial charge in [0.2, 0.25) is 11.9 Å². The first kappa shape index (κ1) is 28.0. The van der Waals surface area contributed by atoms with E-state index in [1.54, 1.807) is 12.1 Å². The number of carbonyl (C=O) groups is 1. The predicted octanol–water partition coefficient (Wildman–Crippen LogP) is 5.30. The van der Waals surface area contributed by atoms with E-state index >= 15 is 0 Å². The molecule has 7 nitrogen and oxygen atoms in total. The number of fused-ring (bicyclic) bond motifs is 1. The maximum atomic E-state index is 13.2. The molecule has 4 aromatic rings. The Balaban J connectivity index is 0.00000107. The quantitative estimate of drug-likeness (QED) is 0.301. The van der Waals surface area contributed by atoms with Crippen molar-refractivity contribution >= 4 is 62.6 Å². The number of hydrogen-bond acceptors (Lipinski definition) is 7. The van der Waals surface area contributed by atoms with Gasteiger partial charge in [-0.2, -0.15) is 4.98 Å². The van der Waals surface area contributed by atoms with Crippen LogP contribution in [0.3, 0.4) is 0 Å². The number of benzene rings is 2. The van der Waals surface area contributed by atoms with Crippen LogP contribution in [0, 0.1) is 5.82 Å². The highest BCUT2D eigenvalue weighted by Gasteiger charge is 2.25. The number of anilines is 2.